The van der Waals surface area contributed by atoms with Gasteiger partial charge in [0.15, 0.2) is 0 Å². The molecule has 0 radical (unpaired) electrons. The van der Waals surface area contributed by atoms with E-state index in [1.807, 2.05) is 13.0 Å². The minimum atomic E-state index is -0.273. The molecule has 0 saturated carbocycles. The average Bonchev–Trinajstić information content (AvgIpc) is 2.59. The Morgan fingerprint density at radius 1 is 1.50 bits per heavy atom. The Labute approximate surface area is 81.7 Å². The lowest BCUT2D eigenvalue weighted by molar-refractivity contribution is -0.108. The molecular weight excluding hydrogens is 180 g/mol. The van der Waals surface area contributed by atoms with E-state index < -0.39 is 0 Å². The standard InChI is InChI=1S/C11H10O3/c1-7(5-12)8-2-3-10-9(4-8)6-14-11(10)13/h2-5,7H,6H2,1H3/t7-/m0/s1. The quantitative estimate of drug-likeness (QED) is 0.526. The second kappa shape index (κ2) is 3.25. The van der Waals surface area contributed by atoms with E-state index in [-0.39, 0.29) is 11.9 Å². The van der Waals surface area contributed by atoms with Crippen LogP contribution in [0, 0.1) is 0 Å². The first kappa shape index (κ1) is 8.94. The zero-order valence-corrected chi connectivity index (χ0v) is 7.82. The summed E-state index contributed by atoms with van der Waals surface area (Å²) in [5.74, 6) is -0.402. The van der Waals surface area contributed by atoms with Crippen LogP contribution in [-0.2, 0) is 16.1 Å². The predicted octanol–water partition coefficient (Wildman–Crippen LogP) is 1.66. The molecule has 0 N–H and O–H groups in total. The van der Waals surface area contributed by atoms with Crippen LogP contribution < -0.4 is 0 Å². The van der Waals surface area contributed by atoms with Crippen molar-refractivity contribution in [1.29, 1.82) is 0 Å². The number of cyclic esters (lactones) is 1. The Balaban J connectivity index is 2.41. The molecule has 2 rings (SSSR count). The highest BCUT2D eigenvalue weighted by molar-refractivity contribution is 5.93. The van der Waals surface area contributed by atoms with Gasteiger partial charge < -0.3 is 9.53 Å². The van der Waals surface area contributed by atoms with Gasteiger partial charge in [0.2, 0.25) is 0 Å². The van der Waals surface area contributed by atoms with Gasteiger partial charge in [-0.3, -0.25) is 0 Å². The van der Waals surface area contributed by atoms with E-state index in [0.29, 0.717) is 12.2 Å². The number of hydrogen-bond donors (Lipinski definition) is 0. The van der Waals surface area contributed by atoms with Crippen LogP contribution in [0.15, 0.2) is 18.2 Å². The first-order chi connectivity index (χ1) is 6.72. The molecule has 72 valence electrons. The van der Waals surface area contributed by atoms with Gasteiger partial charge in [-0.1, -0.05) is 19.1 Å². The molecule has 3 nitrogen and oxygen atoms in total. The molecule has 0 aromatic heterocycles. The number of rotatable bonds is 2. The third-order valence-corrected chi connectivity index (χ3v) is 2.44. The fraction of sp³-hybridized carbons (Fsp3) is 0.273. The van der Waals surface area contributed by atoms with Crippen molar-refractivity contribution in [3.8, 4) is 0 Å². The number of hydrogen-bond acceptors (Lipinski definition) is 3. The van der Waals surface area contributed by atoms with E-state index in [2.05, 4.69) is 0 Å². The van der Waals surface area contributed by atoms with Gasteiger partial charge in [0.1, 0.15) is 12.9 Å². The van der Waals surface area contributed by atoms with Crippen LogP contribution >= 0.6 is 0 Å². The molecule has 1 atom stereocenters. The fourth-order valence-electron chi connectivity index (χ4n) is 1.52. The van der Waals surface area contributed by atoms with Crippen molar-refractivity contribution in [3.63, 3.8) is 0 Å². The van der Waals surface area contributed by atoms with Crippen molar-refractivity contribution in [1.82, 2.24) is 0 Å². The first-order valence-corrected chi connectivity index (χ1v) is 4.47. The van der Waals surface area contributed by atoms with E-state index in [4.69, 9.17) is 4.74 Å². The molecule has 0 bridgehead atoms. The molecule has 1 aliphatic rings. The summed E-state index contributed by atoms with van der Waals surface area (Å²) in [7, 11) is 0. The van der Waals surface area contributed by atoms with Crippen molar-refractivity contribution in [2.45, 2.75) is 19.4 Å². The Kier molecular flexibility index (Phi) is 2.08. The lowest BCUT2D eigenvalue weighted by Gasteiger charge is -2.04. The van der Waals surface area contributed by atoms with Gasteiger partial charge in [-0.15, -0.1) is 0 Å². The third kappa shape index (κ3) is 1.31. The highest BCUT2D eigenvalue weighted by Gasteiger charge is 2.21. The van der Waals surface area contributed by atoms with E-state index in [1.54, 1.807) is 12.1 Å². The smallest absolute Gasteiger partial charge is 0.338 e. The maximum Gasteiger partial charge on any atom is 0.338 e. The minimum absolute atomic E-state index is 0.129. The molecule has 0 aliphatic carbocycles. The van der Waals surface area contributed by atoms with Crippen LogP contribution in [0.4, 0.5) is 0 Å². The zero-order chi connectivity index (χ0) is 10.1. The molecule has 3 heteroatoms. The number of aldehydes is 1. The van der Waals surface area contributed by atoms with Crippen LogP contribution in [0.25, 0.3) is 0 Å². The number of ether oxygens (including phenoxy) is 1. The highest BCUT2D eigenvalue weighted by Crippen LogP contribution is 2.23. The second-order valence-corrected chi connectivity index (χ2v) is 3.42. The molecule has 0 spiro atoms. The molecule has 1 aliphatic heterocycles. The first-order valence-electron chi connectivity index (χ1n) is 4.47. The maximum atomic E-state index is 11.1. The summed E-state index contributed by atoms with van der Waals surface area (Å²) in [6.07, 6.45) is 0.888. The van der Waals surface area contributed by atoms with E-state index >= 15 is 0 Å². The normalized spacial score (nSPS) is 15.9. The van der Waals surface area contributed by atoms with Crippen molar-refractivity contribution in [3.05, 3.63) is 34.9 Å². The molecule has 1 aromatic rings. The van der Waals surface area contributed by atoms with Crippen molar-refractivity contribution >= 4 is 12.3 Å². The fourth-order valence-corrected chi connectivity index (χ4v) is 1.52. The SMILES string of the molecule is C[C@@H](C=O)c1ccc2c(c1)COC2=O. The van der Waals surface area contributed by atoms with Gasteiger partial charge in [-0.25, -0.2) is 4.79 Å². The molecule has 14 heavy (non-hydrogen) atoms. The van der Waals surface area contributed by atoms with Gasteiger partial charge in [0, 0.05) is 11.5 Å². The van der Waals surface area contributed by atoms with Crippen LogP contribution in [0.3, 0.4) is 0 Å². The second-order valence-electron chi connectivity index (χ2n) is 3.42. The molecular formula is C11H10O3. The molecule has 0 unspecified atom stereocenters. The Hall–Kier alpha value is -1.64. The van der Waals surface area contributed by atoms with Crippen LogP contribution in [0.1, 0.15) is 34.3 Å². The average molecular weight is 190 g/mol. The number of esters is 1. The van der Waals surface area contributed by atoms with E-state index in [1.165, 1.54) is 0 Å². The monoisotopic (exact) mass is 190 g/mol. The van der Waals surface area contributed by atoms with Gasteiger partial charge in [0.25, 0.3) is 0 Å². The van der Waals surface area contributed by atoms with E-state index in [0.717, 1.165) is 17.4 Å². The number of carbonyl (C=O) groups excluding carboxylic acids is 2. The number of benzene rings is 1. The molecule has 0 saturated heterocycles. The summed E-state index contributed by atoms with van der Waals surface area (Å²) in [5, 5.41) is 0. The molecule has 0 fully saturated rings. The molecule has 0 amide bonds. The third-order valence-electron chi connectivity index (χ3n) is 2.44. The Morgan fingerprint density at radius 2 is 2.29 bits per heavy atom. The van der Waals surface area contributed by atoms with Crippen LogP contribution in [0.5, 0.6) is 0 Å². The lowest BCUT2D eigenvalue weighted by Crippen LogP contribution is -1.97. The van der Waals surface area contributed by atoms with E-state index in [9.17, 15) is 9.59 Å². The lowest BCUT2D eigenvalue weighted by atomic mass is 9.98. The Bertz CT molecular complexity index is 396. The summed E-state index contributed by atoms with van der Waals surface area (Å²) in [6.45, 7) is 2.15. The van der Waals surface area contributed by atoms with Crippen molar-refractivity contribution in [2.75, 3.05) is 0 Å². The van der Waals surface area contributed by atoms with Gasteiger partial charge >= 0.3 is 5.97 Å². The Morgan fingerprint density at radius 3 is 3.00 bits per heavy atom. The minimum Gasteiger partial charge on any atom is -0.457 e. The highest BCUT2D eigenvalue weighted by atomic mass is 16.5. The summed E-state index contributed by atoms with van der Waals surface area (Å²) in [4.78, 5) is 21.7. The van der Waals surface area contributed by atoms with Crippen LogP contribution in [-0.4, -0.2) is 12.3 Å². The summed E-state index contributed by atoms with van der Waals surface area (Å²) >= 11 is 0. The maximum absolute atomic E-state index is 11.1. The summed E-state index contributed by atoms with van der Waals surface area (Å²) in [5.41, 5.74) is 2.42. The molecule has 1 aromatic carbocycles. The molecule has 1 heterocycles. The van der Waals surface area contributed by atoms with Crippen molar-refractivity contribution < 1.29 is 14.3 Å². The number of carbonyl (C=O) groups is 2. The summed E-state index contributed by atoms with van der Waals surface area (Å²) in [6, 6.07) is 5.38. The van der Waals surface area contributed by atoms with Crippen molar-refractivity contribution in [2.24, 2.45) is 0 Å². The van der Waals surface area contributed by atoms with Crippen LogP contribution in [0.2, 0.25) is 0 Å². The topological polar surface area (TPSA) is 43.4 Å². The number of fused-ring (bicyclic) bond motifs is 1. The zero-order valence-electron chi connectivity index (χ0n) is 7.82. The van der Waals surface area contributed by atoms with Gasteiger partial charge in [-0.05, 0) is 11.6 Å². The summed E-state index contributed by atoms with van der Waals surface area (Å²) < 4.78 is 4.86. The predicted molar refractivity (Wildman–Crippen MR) is 50.0 cm³/mol. The largest absolute Gasteiger partial charge is 0.457 e. The van der Waals surface area contributed by atoms with Gasteiger partial charge in [-0.2, -0.15) is 0 Å². The van der Waals surface area contributed by atoms with Gasteiger partial charge in [0.05, 0.1) is 5.56 Å².